The molecule has 13 heavy (non-hydrogen) atoms. The van der Waals surface area contributed by atoms with E-state index in [0.717, 1.165) is 12.1 Å². The highest BCUT2D eigenvalue weighted by Gasteiger charge is 1.99. The standard InChI is InChI=1S/C10H13NO2/c1-2-5-11-7-8-3-4-9(12)10(13)6-8/h2-4,6,11-13H,1,5,7H2. The van der Waals surface area contributed by atoms with Gasteiger partial charge in [-0.05, 0) is 17.7 Å². The first kappa shape index (κ1) is 9.61. The number of benzene rings is 1. The quantitative estimate of drug-likeness (QED) is 0.372. The fraction of sp³-hybridized carbons (Fsp3) is 0.200. The van der Waals surface area contributed by atoms with E-state index in [1.807, 2.05) is 0 Å². The van der Waals surface area contributed by atoms with Crippen LogP contribution >= 0.6 is 0 Å². The minimum Gasteiger partial charge on any atom is -0.504 e. The molecule has 1 aromatic rings. The van der Waals surface area contributed by atoms with Gasteiger partial charge in [0.1, 0.15) is 0 Å². The Balaban J connectivity index is 2.57. The maximum atomic E-state index is 9.16. The average molecular weight is 179 g/mol. The molecule has 3 N–H and O–H groups in total. The lowest BCUT2D eigenvalue weighted by atomic mass is 10.2. The fourth-order valence-electron chi connectivity index (χ4n) is 0.998. The molecule has 70 valence electrons. The summed E-state index contributed by atoms with van der Waals surface area (Å²) in [6, 6.07) is 4.76. The van der Waals surface area contributed by atoms with Gasteiger partial charge in [0.2, 0.25) is 0 Å². The van der Waals surface area contributed by atoms with Crippen LogP contribution in [-0.2, 0) is 6.54 Å². The molecule has 3 heteroatoms. The zero-order valence-corrected chi connectivity index (χ0v) is 7.33. The van der Waals surface area contributed by atoms with Gasteiger partial charge in [-0.15, -0.1) is 6.58 Å². The van der Waals surface area contributed by atoms with E-state index in [4.69, 9.17) is 10.2 Å². The van der Waals surface area contributed by atoms with Crippen molar-refractivity contribution in [1.29, 1.82) is 0 Å². The maximum Gasteiger partial charge on any atom is 0.157 e. The SMILES string of the molecule is C=CCNCc1ccc(O)c(O)c1. The summed E-state index contributed by atoms with van der Waals surface area (Å²) in [5, 5.41) is 21.3. The summed E-state index contributed by atoms with van der Waals surface area (Å²) in [5.41, 5.74) is 0.928. The van der Waals surface area contributed by atoms with Crippen LogP contribution in [0.2, 0.25) is 0 Å². The number of phenols is 2. The third-order valence-corrected chi connectivity index (χ3v) is 1.66. The van der Waals surface area contributed by atoms with Crippen molar-refractivity contribution in [3.8, 4) is 11.5 Å². The van der Waals surface area contributed by atoms with Crippen molar-refractivity contribution in [2.75, 3.05) is 6.54 Å². The molecule has 0 radical (unpaired) electrons. The molecule has 0 aliphatic rings. The summed E-state index contributed by atoms with van der Waals surface area (Å²) in [6.45, 7) is 4.95. The zero-order valence-electron chi connectivity index (χ0n) is 7.33. The van der Waals surface area contributed by atoms with Crippen LogP contribution in [0.25, 0.3) is 0 Å². The molecule has 0 aliphatic heterocycles. The Kier molecular flexibility index (Phi) is 3.34. The third kappa shape index (κ3) is 2.80. The summed E-state index contributed by atoms with van der Waals surface area (Å²) >= 11 is 0. The van der Waals surface area contributed by atoms with E-state index in [9.17, 15) is 0 Å². The lowest BCUT2D eigenvalue weighted by Gasteiger charge is -2.03. The molecule has 0 aliphatic carbocycles. The van der Waals surface area contributed by atoms with Gasteiger partial charge in [-0.25, -0.2) is 0 Å². The second kappa shape index (κ2) is 4.52. The monoisotopic (exact) mass is 179 g/mol. The molecule has 0 saturated heterocycles. The van der Waals surface area contributed by atoms with E-state index in [2.05, 4.69) is 11.9 Å². The largest absolute Gasteiger partial charge is 0.504 e. The predicted molar refractivity (Wildman–Crippen MR) is 51.7 cm³/mol. The molecule has 0 unspecified atom stereocenters. The van der Waals surface area contributed by atoms with E-state index < -0.39 is 0 Å². The summed E-state index contributed by atoms with van der Waals surface area (Å²) in [4.78, 5) is 0. The van der Waals surface area contributed by atoms with Crippen LogP contribution in [0.15, 0.2) is 30.9 Å². The van der Waals surface area contributed by atoms with E-state index >= 15 is 0 Å². The Morgan fingerprint density at radius 2 is 2.08 bits per heavy atom. The lowest BCUT2D eigenvalue weighted by Crippen LogP contribution is -2.12. The number of hydrogen-bond donors (Lipinski definition) is 3. The molecule has 0 atom stereocenters. The Bertz CT molecular complexity index is 297. The van der Waals surface area contributed by atoms with Gasteiger partial charge in [0.25, 0.3) is 0 Å². The third-order valence-electron chi connectivity index (χ3n) is 1.66. The van der Waals surface area contributed by atoms with Crippen LogP contribution in [0.1, 0.15) is 5.56 Å². The second-order valence-corrected chi connectivity index (χ2v) is 2.74. The van der Waals surface area contributed by atoms with Crippen LogP contribution in [0.4, 0.5) is 0 Å². The molecular weight excluding hydrogens is 166 g/mol. The first-order chi connectivity index (χ1) is 6.24. The highest BCUT2D eigenvalue weighted by atomic mass is 16.3. The number of nitrogens with one attached hydrogen (secondary N) is 1. The predicted octanol–water partition coefficient (Wildman–Crippen LogP) is 1.37. The number of hydrogen-bond acceptors (Lipinski definition) is 3. The summed E-state index contributed by atoms with van der Waals surface area (Å²) in [6.07, 6.45) is 1.76. The molecule has 0 bridgehead atoms. The molecule has 1 aromatic carbocycles. The Morgan fingerprint density at radius 3 is 2.69 bits per heavy atom. The molecule has 0 aromatic heterocycles. The highest BCUT2D eigenvalue weighted by molar-refractivity contribution is 5.40. The van der Waals surface area contributed by atoms with Crippen molar-refractivity contribution in [3.63, 3.8) is 0 Å². The van der Waals surface area contributed by atoms with Crippen LogP contribution in [0.3, 0.4) is 0 Å². The summed E-state index contributed by atoms with van der Waals surface area (Å²) in [5.74, 6) is -0.176. The Hall–Kier alpha value is -1.48. The van der Waals surface area contributed by atoms with Crippen LogP contribution in [0, 0.1) is 0 Å². The molecule has 3 nitrogen and oxygen atoms in total. The van der Waals surface area contributed by atoms with Gasteiger partial charge in [0.05, 0.1) is 0 Å². The normalized spacial score (nSPS) is 9.85. The molecule has 0 heterocycles. The smallest absolute Gasteiger partial charge is 0.157 e. The van der Waals surface area contributed by atoms with Crippen molar-refractivity contribution in [2.24, 2.45) is 0 Å². The molecule has 0 fully saturated rings. The molecule has 1 rings (SSSR count). The van der Waals surface area contributed by atoms with E-state index in [1.165, 1.54) is 12.1 Å². The van der Waals surface area contributed by atoms with E-state index in [0.29, 0.717) is 6.54 Å². The summed E-state index contributed by atoms with van der Waals surface area (Å²) in [7, 11) is 0. The molecule has 0 spiro atoms. The van der Waals surface area contributed by atoms with Gasteiger partial charge in [-0.1, -0.05) is 12.1 Å². The van der Waals surface area contributed by atoms with Gasteiger partial charge in [0, 0.05) is 13.1 Å². The molecule has 0 amide bonds. The minimum atomic E-state index is -0.0903. The molecule has 0 saturated carbocycles. The van der Waals surface area contributed by atoms with Crippen LogP contribution < -0.4 is 5.32 Å². The number of phenolic OH excluding ortho intramolecular Hbond substituents is 2. The van der Waals surface area contributed by atoms with Crippen LogP contribution in [-0.4, -0.2) is 16.8 Å². The fourth-order valence-corrected chi connectivity index (χ4v) is 0.998. The average Bonchev–Trinajstić information content (AvgIpc) is 2.12. The molecular formula is C10H13NO2. The first-order valence-electron chi connectivity index (χ1n) is 4.06. The summed E-state index contributed by atoms with van der Waals surface area (Å²) < 4.78 is 0. The van der Waals surface area contributed by atoms with Gasteiger partial charge in [-0.2, -0.15) is 0 Å². The van der Waals surface area contributed by atoms with Gasteiger partial charge in [-0.3, -0.25) is 0 Å². The van der Waals surface area contributed by atoms with Gasteiger partial charge >= 0.3 is 0 Å². The van der Waals surface area contributed by atoms with Crippen molar-refractivity contribution in [1.82, 2.24) is 5.32 Å². The van der Waals surface area contributed by atoms with Crippen molar-refractivity contribution in [2.45, 2.75) is 6.54 Å². The van der Waals surface area contributed by atoms with Crippen molar-refractivity contribution >= 4 is 0 Å². The zero-order chi connectivity index (χ0) is 9.68. The van der Waals surface area contributed by atoms with Crippen molar-refractivity contribution in [3.05, 3.63) is 36.4 Å². The number of rotatable bonds is 4. The number of aromatic hydroxyl groups is 2. The Morgan fingerprint density at radius 1 is 1.31 bits per heavy atom. The minimum absolute atomic E-state index is 0.0853. The van der Waals surface area contributed by atoms with E-state index in [1.54, 1.807) is 12.1 Å². The maximum absolute atomic E-state index is 9.16. The Labute approximate surface area is 77.3 Å². The second-order valence-electron chi connectivity index (χ2n) is 2.74. The van der Waals surface area contributed by atoms with Crippen molar-refractivity contribution < 1.29 is 10.2 Å². The van der Waals surface area contributed by atoms with E-state index in [-0.39, 0.29) is 11.5 Å². The van der Waals surface area contributed by atoms with Gasteiger partial charge in [0.15, 0.2) is 11.5 Å². The highest BCUT2D eigenvalue weighted by Crippen LogP contribution is 2.24. The first-order valence-corrected chi connectivity index (χ1v) is 4.06. The van der Waals surface area contributed by atoms with Crippen LogP contribution in [0.5, 0.6) is 11.5 Å². The van der Waals surface area contributed by atoms with Gasteiger partial charge < -0.3 is 15.5 Å². The lowest BCUT2D eigenvalue weighted by molar-refractivity contribution is 0.403. The topological polar surface area (TPSA) is 52.5 Å².